The third-order valence-electron chi connectivity index (χ3n) is 4.09. The smallest absolute Gasteiger partial charge is 0.304 e. The minimum Gasteiger partial charge on any atom is -0.481 e. The summed E-state index contributed by atoms with van der Waals surface area (Å²) in [6.07, 6.45) is 1.55. The second-order valence-corrected chi connectivity index (χ2v) is 5.53. The van der Waals surface area contributed by atoms with Crippen molar-refractivity contribution in [2.24, 2.45) is 0 Å². The van der Waals surface area contributed by atoms with E-state index in [1.165, 1.54) is 18.2 Å². The Labute approximate surface area is 121 Å². The van der Waals surface area contributed by atoms with Crippen molar-refractivity contribution in [1.82, 2.24) is 0 Å². The van der Waals surface area contributed by atoms with Crippen LogP contribution in [0.2, 0.25) is 0 Å². The SMILES string of the molecule is O=C(O)CC1(c2ccc(F)c(-c3ccccc3F)c2)CC1. The topological polar surface area (TPSA) is 37.3 Å². The number of aliphatic carboxylic acids is 1. The number of hydrogen-bond acceptors (Lipinski definition) is 1. The van der Waals surface area contributed by atoms with Gasteiger partial charge >= 0.3 is 5.97 Å². The third-order valence-corrected chi connectivity index (χ3v) is 4.09. The number of carboxylic acids is 1. The first-order chi connectivity index (χ1) is 10.0. The van der Waals surface area contributed by atoms with E-state index in [1.54, 1.807) is 24.3 Å². The van der Waals surface area contributed by atoms with Crippen LogP contribution >= 0.6 is 0 Å². The van der Waals surface area contributed by atoms with Crippen molar-refractivity contribution in [2.45, 2.75) is 24.7 Å². The standard InChI is InChI=1S/C17H14F2O2/c18-14-4-2-1-3-12(14)13-9-11(5-6-15(13)19)17(7-8-17)10-16(20)21/h1-6,9H,7-8,10H2,(H,20,21). The van der Waals surface area contributed by atoms with E-state index in [4.69, 9.17) is 5.11 Å². The molecular formula is C17H14F2O2. The molecule has 108 valence electrons. The normalized spacial score (nSPS) is 15.7. The average molecular weight is 288 g/mol. The average Bonchev–Trinajstić information content (AvgIpc) is 3.20. The highest BCUT2D eigenvalue weighted by Crippen LogP contribution is 2.51. The number of rotatable bonds is 4. The molecule has 21 heavy (non-hydrogen) atoms. The van der Waals surface area contributed by atoms with Crippen LogP contribution in [0.5, 0.6) is 0 Å². The Bertz CT molecular complexity index is 706. The van der Waals surface area contributed by atoms with E-state index in [1.807, 2.05) is 0 Å². The van der Waals surface area contributed by atoms with E-state index < -0.39 is 23.0 Å². The van der Waals surface area contributed by atoms with Gasteiger partial charge in [0.05, 0.1) is 6.42 Å². The summed E-state index contributed by atoms with van der Waals surface area (Å²) in [6.45, 7) is 0. The molecule has 1 N–H and O–H groups in total. The Balaban J connectivity index is 2.06. The summed E-state index contributed by atoms with van der Waals surface area (Å²) in [5.74, 6) is -1.86. The first kappa shape index (κ1) is 13.7. The van der Waals surface area contributed by atoms with Gasteiger partial charge in [0, 0.05) is 16.5 Å². The quantitative estimate of drug-likeness (QED) is 0.918. The Morgan fingerprint density at radius 2 is 1.71 bits per heavy atom. The lowest BCUT2D eigenvalue weighted by Gasteiger charge is -2.15. The fourth-order valence-electron chi connectivity index (χ4n) is 2.75. The van der Waals surface area contributed by atoms with Crippen LogP contribution in [0, 0.1) is 11.6 Å². The number of benzene rings is 2. The van der Waals surface area contributed by atoms with Crippen molar-refractivity contribution >= 4 is 5.97 Å². The molecule has 0 spiro atoms. The molecule has 0 bridgehead atoms. The maximum absolute atomic E-state index is 14.0. The molecule has 0 unspecified atom stereocenters. The van der Waals surface area contributed by atoms with E-state index in [0.717, 1.165) is 18.4 Å². The van der Waals surface area contributed by atoms with Gasteiger partial charge in [-0.05, 0) is 36.6 Å². The van der Waals surface area contributed by atoms with Gasteiger partial charge in [-0.15, -0.1) is 0 Å². The van der Waals surface area contributed by atoms with Crippen LogP contribution in [0.15, 0.2) is 42.5 Å². The highest BCUT2D eigenvalue weighted by molar-refractivity contribution is 5.71. The van der Waals surface area contributed by atoms with Gasteiger partial charge in [-0.25, -0.2) is 8.78 Å². The molecule has 0 aliphatic heterocycles. The molecule has 0 radical (unpaired) electrons. The molecule has 3 rings (SSSR count). The highest BCUT2D eigenvalue weighted by Gasteiger charge is 2.46. The summed E-state index contributed by atoms with van der Waals surface area (Å²) in [4.78, 5) is 11.0. The van der Waals surface area contributed by atoms with Gasteiger partial charge in [0.25, 0.3) is 0 Å². The van der Waals surface area contributed by atoms with Crippen LogP contribution in [0.1, 0.15) is 24.8 Å². The maximum atomic E-state index is 14.0. The molecular weight excluding hydrogens is 274 g/mol. The lowest BCUT2D eigenvalue weighted by Crippen LogP contribution is -2.13. The largest absolute Gasteiger partial charge is 0.481 e. The molecule has 0 heterocycles. The molecule has 2 aromatic carbocycles. The summed E-state index contributed by atoms with van der Waals surface area (Å²) in [5.41, 5.74) is 0.731. The second kappa shape index (κ2) is 4.95. The minimum absolute atomic E-state index is 0.0232. The lowest BCUT2D eigenvalue weighted by molar-refractivity contribution is -0.137. The summed E-state index contributed by atoms with van der Waals surface area (Å²) < 4.78 is 27.9. The summed E-state index contributed by atoms with van der Waals surface area (Å²) in [6, 6.07) is 10.5. The van der Waals surface area contributed by atoms with Gasteiger partial charge in [-0.1, -0.05) is 24.3 Å². The minimum atomic E-state index is -0.871. The van der Waals surface area contributed by atoms with Gasteiger partial charge in [0.15, 0.2) is 0 Å². The van der Waals surface area contributed by atoms with Crippen LogP contribution in [0.4, 0.5) is 8.78 Å². The van der Waals surface area contributed by atoms with Crippen LogP contribution in [-0.2, 0) is 10.2 Å². The second-order valence-electron chi connectivity index (χ2n) is 5.53. The molecule has 4 heteroatoms. The van der Waals surface area contributed by atoms with Gasteiger partial charge in [0.1, 0.15) is 11.6 Å². The Morgan fingerprint density at radius 3 is 2.33 bits per heavy atom. The summed E-state index contributed by atoms with van der Waals surface area (Å²) in [5, 5.41) is 9.00. The molecule has 2 nitrogen and oxygen atoms in total. The predicted octanol–water partition coefficient (Wildman–Crippen LogP) is 4.14. The molecule has 2 aromatic rings. The zero-order valence-electron chi connectivity index (χ0n) is 11.3. The first-order valence-electron chi connectivity index (χ1n) is 6.79. The molecule has 1 aliphatic carbocycles. The van der Waals surface area contributed by atoms with E-state index in [9.17, 15) is 13.6 Å². The van der Waals surface area contributed by atoms with Crippen molar-refractivity contribution in [2.75, 3.05) is 0 Å². The zero-order valence-corrected chi connectivity index (χ0v) is 11.3. The van der Waals surface area contributed by atoms with Crippen molar-refractivity contribution in [3.05, 3.63) is 59.7 Å². The Morgan fingerprint density at radius 1 is 1.05 bits per heavy atom. The van der Waals surface area contributed by atoms with Crippen LogP contribution in [0.25, 0.3) is 11.1 Å². The molecule has 0 aromatic heterocycles. The van der Waals surface area contributed by atoms with E-state index in [2.05, 4.69) is 0 Å². The van der Waals surface area contributed by atoms with E-state index in [0.29, 0.717) is 0 Å². The van der Waals surface area contributed by atoms with Gasteiger partial charge in [0.2, 0.25) is 0 Å². The van der Waals surface area contributed by atoms with E-state index >= 15 is 0 Å². The monoisotopic (exact) mass is 288 g/mol. The van der Waals surface area contributed by atoms with Crippen LogP contribution < -0.4 is 0 Å². The van der Waals surface area contributed by atoms with Crippen LogP contribution in [0.3, 0.4) is 0 Å². The van der Waals surface area contributed by atoms with Gasteiger partial charge in [-0.2, -0.15) is 0 Å². The molecule has 0 amide bonds. The predicted molar refractivity (Wildman–Crippen MR) is 75.0 cm³/mol. The molecule has 0 atom stereocenters. The maximum Gasteiger partial charge on any atom is 0.304 e. The highest BCUT2D eigenvalue weighted by atomic mass is 19.1. The number of hydrogen-bond donors (Lipinski definition) is 1. The first-order valence-corrected chi connectivity index (χ1v) is 6.79. The van der Waals surface area contributed by atoms with Crippen molar-refractivity contribution in [3.63, 3.8) is 0 Å². The molecule has 0 saturated heterocycles. The number of halogens is 2. The van der Waals surface area contributed by atoms with Crippen LogP contribution in [-0.4, -0.2) is 11.1 Å². The fourth-order valence-corrected chi connectivity index (χ4v) is 2.75. The van der Waals surface area contributed by atoms with Gasteiger partial charge in [-0.3, -0.25) is 4.79 Å². The van der Waals surface area contributed by atoms with E-state index in [-0.39, 0.29) is 17.5 Å². The Hall–Kier alpha value is -2.23. The number of carboxylic acid groups (broad SMARTS) is 1. The lowest BCUT2D eigenvalue weighted by atomic mass is 9.89. The third kappa shape index (κ3) is 2.53. The van der Waals surface area contributed by atoms with Crippen molar-refractivity contribution < 1.29 is 18.7 Å². The molecule has 1 aliphatic rings. The van der Waals surface area contributed by atoms with Crippen molar-refractivity contribution in [3.8, 4) is 11.1 Å². The number of carbonyl (C=O) groups is 1. The summed E-state index contributed by atoms with van der Waals surface area (Å²) >= 11 is 0. The van der Waals surface area contributed by atoms with Crippen molar-refractivity contribution in [1.29, 1.82) is 0 Å². The fraction of sp³-hybridized carbons (Fsp3) is 0.235. The summed E-state index contributed by atoms with van der Waals surface area (Å²) in [7, 11) is 0. The zero-order chi connectivity index (χ0) is 15.0. The molecule has 1 fully saturated rings. The van der Waals surface area contributed by atoms with Gasteiger partial charge < -0.3 is 5.11 Å². The molecule has 1 saturated carbocycles. The Kier molecular flexibility index (Phi) is 3.24.